The number of aromatic nitrogens is 1. The van der Waals surface area contributed by atoms with Gasteiger partial charge in [0, 0.05) is 17.2 Å². The number of thiazole rings is 1. The summed E-state index contributed by atoms with van der Waals surface area (Å²) in [6.07, 6.45) is 3.29. The van der Waals surface area contributed by atoms with Gasteiger partial charge in [-0.25, -0.2) is 4.98 Å². The second kappa shape index (κ2) is 4.67. The average Bonchev–Trinajstić information content (AvgIpc) is 3.17. The average molecular weight is 269 g/mol. The monoisotopic (exact) mass is 269 g/mol. The minimum atomic E-state index is 0.614. The summed E-state index contributed by atoms with van der Waals surface area (Å²) in [6.45, 7) is 2.08. The third kappa shape index (κ3) is 2.47. The standard InChI is InChI=1S/C15H15N3S/c1-9-2-3-10(8-16)6-12(9)7-13-14(11-4-5-11)18-15(17)19-13/h2-3,6,11H,4-5,7H2,1H3,(H2,17,18). The quantitative estimate of drug-likeness (QED) is 0.929. The Morgan fingerprint density at radius 1 is 1.47 bits per heavy atom. The summed E-state index contributed by atoms with van der Waals surface area (Å²) >= 11 is 1.58. The summed E-state index contributed by atoms with van der Waals surface area (Å²) in [5.74, 6) is 0.614. The molecular formula is C15H15N3S. The maximum absolute atomic E-state index is 9.00. The molecule has 0 saturated heterocycles. The van der Waals surface area contributed by atoms with Gasteiger partial charge < -0.3 is 5.73 Å². The molecule has 0 radical (unpaired) electrons. The molecule has 0 amide bonds. The Morgan fingerprint density at radius 2 is 2.26 bits per heavy atom. The van der Waals surface area contributed by atoms with Crippen LogP contribution in [-0.2, 0) is 6.42 Å². The third-order valence-electron chi connectivity index (χ3n) is 3.54. The van der Waals surface area contributed by atoms with Crippen LogP contribution in [0.1, 0.15) is 46.0 Å². The molecule has 1 fully saturated rings. The third-order valence-corrected chi connectivity index (χ3v) is 4.44. The summed E-state index contributed by atoms with van der Waals surface area (Å²) in [4.78, 5) is 5.73. The van der Waals surface area contributed by atoms with Crippen molar-refractivity contribution in [3.05, 3.63) is 45.5 Å². The van der Waals surface area contributed by atoms with E-state index < -0.39 is 0 Å². The van der Waals surface area contributed by atoms with Crippen LogP contribution in [0.3, 0.4) is 0 Å². The first kappa shape index (κ1) is 12.2. The second-order valence-corrected chi connectivity index (χ2v) is 6.18. The molecule has 1 aliphatic rings. The number of aryl methyl sites for hydroxylation is 1. The number of hydrogen-bond acceptors (Lipinski definition) is 4. The molecule has 1 saturated carbocycles. The van der Waals surface area contributed by atoms with E-state index in [1.54, 1.807) is 11.3 Å². The molecule has 2 N–H and O–H groups in total. The maximum atomic E-state index is 9.00. The molecule has 4 heteroatoms. The minimum Gasteiger partial charge on any atom is -0.375 e. The second-order valence-electron chi connectivity index (χ2n) is 5.06. The fraction of sp³-hybridized carbons (Fsp3) is 0.333. The Kier molecular flexibility index (Phi) is 3.00. The lowest BCUT2D eigenvalue weighted by Gasteiger charge is -2.06. The molecule has 3 rings (SSSR count). The van der Waals surface area contributed by atoms with Gasteiger partial charge in [-0.15, -0.1) is 11.3 Å². The van der Waals surface area contributed by atoms with E-state index in [0.717, 1.165) is 6.42 Å². The van der Waals surface area contributed by atoms with Gasteiger partial charge in [-0.3, -0.25) is 0 Å². The minimum absolute atomic E-state index is 0.614. The van der Waals surface area contributed by atoms with Crippen LogP contribution in [0.5, 0.6) is 0 Å². The van der Waals surface area contributed by atoms with Crippen LogP contribution in [0.25, 0.3) is 0 Å². The van der Waals surface area contributed by atoms with Gasteiger partial charge in [0.15, 0.2) is 5.13 Å². The molecule has 1 aromatic heterocycles. The van der Waals surface area contributed by atoms with Crippen LogP contribution in [0.2, 0.25) is 0 Å². The number of nitrogens with zero attached hydrogens (tertiary/aromatic N) is 2. The number of anilines is 1. The first-order valence-corrected chi connectivity index (χ1v) is 7.23. The van der Waals surface area contributed by atoms with E-state index in [4.69, 9.17) is 11.0 Å². The predicted molar refractivity (Wildman–Crippen MR) is 77.2 cm³/mol. The Bertz CT molecular complexity index is 663. The predicted octanol–water partition coefficient (Wildman–Crippen LogP) is 3.37. The van der Waals surface area contributed by atoms with Crippen LogP contribution in [0.4, 0.5) is 5.13 Å². The number of benzene rings is 1. The van der Waals surface area contributed by atoms with Crippen LogP contribution in [0.15, 0.2) is 18.2 Å². The lowest BCUT2D eigenvalue weighted by molar-refractivity contribution is 1.01. The summed E-state index contributed by atoms with van der Waals surface area (Å²) in [5, 5.41) is 9.65. The van der Waals surface area contributed by atoms with Gasteiger partial charge in [-0.1, -0.05) is 6.07 Å². The SMILES string of the molecule is Cc1ccc(C#N)cc1Cc1sc(N)nc1C1CC1. The van der Waals surface area contributed by atoms with E-state index in [1.165, 1.54) is 34.5 Å². The lowest BCUT2D eigenvalue weighted by Crippen LogP contribution is -1.94. The van der Waals surface area contributed by atoms with Gasteiger partial charge in [0.25, 0.3) is 0 Å². The summed E-state index contributed by atoms with van der Waals surface area (Å²) < 4.78 is 0. The molecular weight excluding hydrogens is 254 g/mol. The number of nitriles is 1. The topological polar surface area (TPSA) is 62.7 Å². The van der Waals surface area contributed by atoms with Gasteiger partial charge in [-0.05, 0) is 43.0 Å². The van der Waals surface area contributed by atoms with Crippen molar-refractivity contribution in [3.63, 3.8) is 0 Å². The fourth-order valence-corrected chi connectivity index (χ4v) is 3.23. The summed E-state index contributed by atoms with van der Waals surface area (Å²) in [6, 6.07) is 8.04. The van der Waals surface area contributed by atoms with Crippen molar-refractivity contribution < 1.29 is 0 Å². The smallest absolute Gasteiger partial charge is 0.180 e. The number of hydrogen-bond donors (Lipinski definition) is 1. The number of nitrogen functional groups attached to an aromatic ring is 1. The highest BCUT2D eigenvalue weighted by Gasteiger charge is 2.29. The zero-order chi connectivity index (χ0) is 13.4. The van der Waals surface area contributed by atoms with Crippen molar-refractivity contribution in [1.29, 1.82) is 5.26 Å². The van der Waals surface area contributed by atoms with Gasteiger partial charge in [0.05, 0.1) is 17.3 Å². The van der Waals surface area contributed by atoms with E-state index in [1.807, 2.05) is 18.2 Å². The van der Waals surface area contributed by atoms with E-state index in [2.05, 4.69) is 18.0 Å². The highest BCUT2D eigenvalue weighted by Crippen LogP contribution is 2.43. The Balaban J connectivity index is 1.95. The number of nitrogens with two attached hydrogens (primary N) is 1. The van der Waals surface area contributed by atoms with Crippen molar-refractivity contribution in [1.82, 2.24) is 4.98 Å². The van der Waals surface area contributed by atoms with Gasteiger partial charge in [-0.2, -0.15) is 5.26 Å². The zero-order valence-electron chi connectivity index (χ0n) is 10.8. The molecule has 1 aliphatic carbocycles. The van der Waals surface area contributed by atoms with Crippen LogP contribution >= 0.6 is 11.3 Å². The maximum Gasteiger partial charge on any atom is 0.180 e. The highest BCUT2D eigenvalue weighted by atomic mass is 32.1. The molecule has 0 unspecified atom stereocenters. The van der Waals surface area contributed by atoms with Gasteiger partial charge >= 0.3 is 0 Å². The van der Waals surface area contributed by atoms with Crippen molar-refractivity contribution in [2.75, 3.05) is 5.73 Å². The van der Waals surface area contributed by atoms with E-state index >= 15 is 0 Å². The van der Waals surface area contributed by atoms with E-state index in [-0.39, 0.29) is 0 Å². The Morgan fingerprint density at radius 3 is 2.95 bits per heavy atom. The molecule has 0 bridgehead atoms. The largest absolute Gasteiger partial charge is 0.375 e. The van der Waals surface area contributed by atoms with Crippen LogP contribution in [-0.4, -0.2) is 4.98 Å². The van der Waals surface area contributed by atoms with E-state index in [9.17, 15) is 0 Å². The van der Waals surface area contributed by atoms with Crippen molar-refractivity contribution in [2.45, 2.75) is 32.1 Å². The molecule has 96 valence electrons. The zero-order valence-corrected chi connectivity index (χ0v) is 11.6. The molecule has 0 atom stereocenters. The lowest BCUT2D eigenvalue weighted by atomic mass is 10.0. The molecule has 3 nitrogen and oxygen atoms in total. The fourth-order valence-electron chi connectivity index (χ4n) is 2.29. The van der Waals surface area contributed by atoms with Crippen molar-refractivity contribution >= 4 is 16.5 Å². The van der Waals surface area contributed by atoms with Crippen LogP contribution in [0, 0.1) is 18.3 Å². The molecule has 1 heterocycles. The van der Waals surface area contributed by atoms with Gasteiger partial charge in [0.1, 0.15) is 0 Å². The molecule has 1 aromatic carbocycles. The number of rotatable bonds is 3. The van der Waals surface area contributed by atoms with Crippen molar-refractivity contribution in [3.8, 4) is 6.07 Å². The summed E-state index contributed by atoms with van der Waals surface area (Å²) in [7, 11) is 0. The highest BCUT2D eigenvalue weighted by molar-refractivity contribution is 7.15. The molecule has 2 aromatic rings. The van der Waals surface area contributed by atoms with Crippen molar-refractivity contribution in [2.24, 2.45) is 0 Å². The molecule has 19 heavy (non-hydrogen) atoms. The Hall–Kier alpha value is -1.86. The first-order chi connectivity index (χ1) is 9.17. The molecule has 0 spiro atoms. The first-order valence-electron chi connectivity index (χ1n) is 6.42. The van der Waals surface area contributed by atoms with E-state index in [0.29, 0.717) is 16.6 Å². The van der Waals surface area contributed by atoms with Gasteiger partial charge in [0.2, 0.25) is 0 Å². The van der Waals surface area contributed by atoms with Crippen LogP contribution < -0.4 is 5.73 Å². The normalized spacial score (nSPS) is 14.3. The molecule has 0 aliphatic heterocycles. The Labute approximate surface area is 116 Å². The summed E-state index contributed by atoms with van der Waals surface area (Å²) in [5.41, 5.74) is 10.2.